The zero-order chi connectivity index (χ0) is 15.0. The van der Waals surface area contributed by atoms with E-state index in [2.05, 4.69) is 9.97 Å². The van der Waals surface area contributed by atoms with Crippen LogP contribution in [0.3, 0.4) is 0 Å². The molecule has 4 nitrogen and oxygen atoms in total. The summed E-state index contributed by atoms with van der Waals surface area (Å²) in [5.74, 6) is -10.9. The Labute approximate surface area is 113 Å². The van der Waals surface area contributed by atoms with Crippen LogP contribution in [0.5, 0.6) is 0 Å². The van der Waals surface area contributed by atoms with Crippen LogP contribution in [0.1, 0.15) is 0 Å². The summed E-state index contributed by atoms with van der Waals surface area (Å²) in [6.07, 6.45) is 0.896. The first-order chi connectivity index (χ1) is 9.34. The molecule has 0 amide bonds. The third kappa shape index (κ3) is 2.20. The Balaban J connectivity index is 2.57. The molecule has 10 heteroatoms. The molecule has 2 aromatic rings. The van der Waals surface area contributed by atoms with Gasteiger partial charge in [0.2, 0.25) is 5.82 Å². The lowest BCUT2D eigenvalue weighted by atomic mass is 10.2. The number of benzene rings is 1. The summed E-state index contributed by atoms with van der Waals surface area (Å²) in [6, 6.07) is 0. The van der Waals surface area contributed by atoms with Gasteiger partial charge in [-0.25, -0.2) is 31.9 Å². The summed E-state index contributed by atoms with van der Waals surface area (Å²) in [4.78, 5) is 6.96. The molecule has 1 heterocycles. The number of nitrogens with two attached hydrogens (primary N) is 1. The van der Waals surface area contributed by atoms with Gasteiger partial charge in [-0.3, -0.25) is 0 Å². The zero-order valence-corrected chi connectivity index (χ0v) is 10.1. The van der Waals surface area contributed by atoms with E-state index in [0.29, 0.717) is 0 Å². The summed E-state index contributed by atoms with van der Waals surface area (Å²) >= 11 is 5.54. The van der Waals surface area contributed by atoms with Crippen molar-refractivity contribution in [1.29, 1.82) is 0 Å². The molecule has 0 atom stereocenters. The number of nitrogens with zero attached hydrogens (tertiary/aromatic N) is 2. The van der Waals surface area contributed by atoms with Crippen LogP contribution in [0.2, 0.25) is 5.15 Å². The highest BCUT2D eigenvalue weighted by Crippen LogP contribution is 2.31. The second-order valence-corrected chi connectivity index (χ2v) is 3.85. The SMILES string of the molecule is Nc1c(Cl)ncnc1Nc1c(F)c(F)c(F)c(F)c1F. The Morgan fingerprint density at radius 1 is 0.900 bits per heavy atom. The van der Waals surface area contributed by atoms with E-state index < -0.39 is 40.6 Å². The van der Waals surface area contributed by atoms with Crippen molar-refractivity contribution >= 4 is 28.8 Å². The largest absolute Gasteiger partial charge is 0.393 e. The minimum absolute atomic E-state index is 0.244. The molecule has 0 saturated heterocycles. The third-order valence-electron chi connectivity index (χ3n) is 2.29. The van der Waals surface area contributed by atoms with E-state index in [4.69, 9.17) is 17.3 Å². The highest BCUT2D eigenvalue weighted by atomic mass is 35.5. The molecule has 3 N–H and O–H groups in total. The van der Waals surface area contributed by atoms with Gasteiger partial charge in [-0.05, 0) is 0 Å². The molecule has 2 rings (SSSR count). The predicted molar refractivity (Wildman–Crippen MR) is 61.0 cm³/mol. The topological polar surface area (TPSA) is 63.8 Å². The number of nitrogens with one attached hydrogen (secondary N) is 1. The maximum absolute atomic E-state index is 13.4. The minimum atomic E-state index is -2.26. The van der Waals surface area contributed by atoms with Crippen LogP contribution >= 0.6 is 11.6 Å². The van der Waals surface area contributed by atoms with Gasteiger partial charge in [-0.1, -0.05) is 11.6 Å². The molecule has 0 bridgehead atoms. The molecule has 0 unspecified atom stereocenters. The van der Waals surface area contributed by atoms with Crippen LogP contribution in [0.4, 0.5) is 39.1 Å². The molecule has 0 aliphatic rings. The van der Waals surface area contributed by atoms with Gasteiger partial charge in [0.1, 0.15) is 17.7 Å². The molecule has 0 spiro atoms. The van der Waals surface area contributed by atoms with E-state index in [1.165, 1.54) is 0 Å². The lowest BCUT2D eigenvalue weighted by Crippen LogP contribution is -2.09. The van der Waals surface area contributed by atoms with Gasteiger partial charge < -0.3 is 11.1 Å². The van der Waals surface area contributed by atoms with Crippen molar-refractivity contribution in [3.63, 3.8) is 0 Å². The molecule has 0 aliphatic carbocycles. The second kappa shape index (κ2) is 5.08. The van der Waals surface area contributed by atoms with Crippen LogP contribution in [0.25, 0.3) is 0 Å². The number of nitrogen functional groups attached to an aromatic ring is 1. The third-order valence-corrected chi connectivity index (χ3v) is 2.59. The first kappa shape index (κ1) is 14.3. The van der Waals surface area contributed by atoms with Gasteiger partial charge in [0.05, 0.1) is 0 Å². The summed E-state index contributed by atoms with van der Waals surface area (Å²) in [5, 5.41) is 1.66. The summed E-state index contributed by atoms with van der Waals surface area (Å²) in [5.41, 5.74) is 3.81. The van der Waals surface area contributed by atoms with E-state index in [1.807, 2.05) is 5.32 Å². The molecule has 1 aromatic heterocycles. The number of aromatic nitrogens is 2. The van der Waals surface area contributed by atoms with Crippen molar-refractivity contribution in [2.45, 2.75) is 0 Å². The van der Waals surface area contributed by atoms with Gasteiger partial charge in [0.15, 0.2) is 34.2 Å². The van der Waals surface area contributed by atoms with Crippen molar-refractivity contribution in [1.82, 2.24) is 9.97 Å². The first-order valence-corrected chi connectivity index (χ1v) is 5.26. The molecule has 0 aliphatic heterocycles. The monoisotopic (exact) mass is 310 g/mol. The fourth-order valence-corrected chi connectivity index (χ4v) is 1.44. The lowest BCUT2D eigenvalue weighted by Gasteiger charge is -2.11. The highest BCUT2D eigenvalue weighted by molar-refractivity contribution is 6.32. The van der Waals surface area contributed by atoms with Crippen molar-refractivity contribution in [3.05, 3.63) is 40.6 Å². The van der Waals surface area contributed by atoms with Crippen LogP contribution in [-0.2, 0) is 0 Å². The van der Waals surface area contributed by atoms with Crippen LogP contribution < -0.4 is 11.1 Å². The van der Waals surface area contributed by atoms with E-state index in [0.717, 1.165) is 6.33 Å². The van der Waals surface area contributed by atoms with Gasteiger partial charge in [-0.2, -0.15) is 0 Å². The van der Waals surface area contributed by atoms with Crippen molar-refractivity contribution in [2.24, 2.45) is 0 Å². The normalized spacial score (nSPS) is 10.7. The van der Waals surface area contributed by atoms with E-state index in [9.17, 15) is 22.0 Å². The first-order valence-electron chi connectivity index (χ1n) is 4.89. The summed E-state index contributed by atoms with van der Waals surface area (Å²) < 4.78 is 65.7. The van der Waals surface area contributed by atoms with Gasteiger partial charge in [-0.15, -0.1) is 0 Å². The predicted octanol–water partition coefficient (Wildman–Crippen LogP) is 3.15. The maximum Gasteiger partial charge on any atom is 0.200 e. The molecular weight excluding hydrogens is 307 g/mol. The molecule has 106 valence electrons. The fourth-order valence-electron chi connectivity index (χ4n) is 1.31. The number of hydrogen-bond acceptors (Lipinski definition) is 4. The minimum Gasteiger partial charge on any atom is -0.393 e. The van der Waals surface area contributed by atoms with E-state index in [1.54, 1.807) is 0 Å². The number of anilines is 3. The van der Waals surface area contributed by atoms with Crippen LogP contribution in [0, 0.1) is 29.1 Å². The second-order valence-electron chi connectivity index (χ2n) is 3.50. The average molecular weight is 311 g/mol. The number of halogens is 6. The van der Waals surface area contributed by atoms with E-state index in [-0.39, 0.29) is 10.8 Å². The Bertz CT molecular complexity index is 665. The van der Waals surface area contributed by atoms with Gasteiger partial charge in [0, 0.05) is 0 Å². The quantitative estimate of drug-likeness (QED) is 0.387. The van der Waals surface area contributed by atoms with Crippen molar-refractivity contribution in [2.75, 3.05) is 11.1 Å². The van der Waals surface area contributed by atoms with Crippen molar-refractivity contribution in [3.8, 4) is 0 Å². The smallest absolute Gasteiger partial charge is 0.200 e. The van der Waals surface area contributed by atoms with Gasteiger partial charge in [0.25, 0.3) is 0 Å². The number of rotatable bonds is 2. The average Bonchev–Trinajstić information content (AvgIpc) is 2.43. The highest BCUT2D eigenvalue weighted by Gasteiger charge is 2.26. The van der Waals surface area contributed by atoms with Gasteiger partial charge >= 0.3 is 0 Å². The molecule has 20 heavy (non-hydrogen) atoms. The summed E-state index contributed by atoms with van der Waals surface area (Å²) in [6.45, 7) is 0. The lowest BCUT2D eigenvalue weighted by molar-refractivity contribution is 0.382. The molecular formula is C10H4ClF5N4. The Morgan fingerprint density at radius 3 is 1.95 bits per heavy atom. The van der Waals surface area contributed by atoms with E-state index >= 15 is 0 Å². The fraction of sp³-hybridized carbons (Fsp3) is 0. The Morgan fingerprint density at radius 2 is 1.40 bits per heavy atom. The maximum atomic E-state index is 13.4. The molecule has 0 radical (unpaired) electrons. The zero-order valence-electron chi connectivity index (χ0n) is 9.32. The molecule has 0 saturated carbocycles. The molecule has 1 aromatic carbocycles. The summed E-state index contributed by atoms with van der Waals surface area (Å²) in [7, 11) is 0. The Hall–Kier alpha value is -2.16. The van der Waals surface area contributed by atoms with Crippen LogP contribution in [-0.4, -0.2) is 9.97 Å². The Kier molecular flexibility index (Phi) is 3.62. The standard InChI is InChI=1S/C10H4ClF5N4/c11-9-7(17)10(19-1-18-9)20-8-5(15)3(13)2(12)4(14)6(8)16/h1H,17H2,(H,18,19,20). The van der Waals surface area contributed by atoms with Crippen molar-refractivity contribution < 1.29 is 22.0 Å². The van der Waals surface area contributed by atoms with Crippen LogP contribution in [0.15, 0.2) is 6.33 Å². The number of hydrogen-bond donors (Lipinski definition) is 2. The molecule has 0 fully saturated rings.